The molecule has 0 aliphatic rings. The molecule has 0 saturated carbocycles. The largest absolute Gasteiger partial charge is 0.456 e. The van der Waals surface area contributed by atoms with E-state index in [1.165, 1.54) is 132 Å². The van der Waals surface area contributed by atoms with Crippen molar-refractivity contribution in [2.24, 2.45) is 0 Å². The smallest absolute Gasteiger partial charge is 0.187 e. The van der Waals surface area contributed by atoms with E-state index in [0.717, 1.165) is 94.5 Å². The van der Waals surface area contributed by atoms with Crippen molar-refractivity contribution in [3.8, 4) is 55.6 Å². The van der Waals surface area contributed by atoms with Crippen LogP contribution in [0.5, 0.6) is 0 Å². The molecular weight excluding hydrogens is 1610 g/mol. The number of para-hydroxylation sites is 4. The summed E-state index contributed by atoms with van der Waals surface area (Å²) in [6, 6.07) is 127. The van der Waals surface area contributed by atoms with Crippen molar-refractivity contribution in [2.75, 3.05) is 0 Å². The molecule has 17 aromatic carbocycles. The molecule has 0 aliphatic carbocycles. The summed E-state index contributed by atoms with van der Waals surface area (Å²) in [5.41, 5.74) is 33.5. The molecule has 23 aromatic rings. The molecule has 23 rings (SSSR count). The van der Waals surface area contributed by atoms with Crippen molar-refractivity contribution in [1.29, 1.82) is 0 Å². The van der Waals surface area contributed by atoms with Gasteiger partial charge in [-0.1, -0.05) is 401 Å². The van der Waals surface area contributed by atoms with Crippen LogP contribution < -0.4 is 0 Å². The van der Waals surface area contributed by atoms with Gasteiger partial charge in [-0.3, -0.25) is 0 Å². The lowest BCUT2D eigenvalue weighted by atomic mass is 9.86. The van der Waals surface area contributed by atoms with Gasteiger partial charge in [0.15, 0.2) is 5.69 Å². The number of hydrogen-bond donors (Lipinski definition) is 0. The highest BCUT2D eigenvalue weighted by Crippen LogP contribution is 2.45. The lowest BCUT2D eigenvalue weighted by Gasteiger charge is -2.18. The molecule has 0 saturated heterocycles. The highest BCUT2D eigenvalue weighted by molar-refractivity contribution is 6.15. The first-order chi connectivity index (χ1) is 64.0. The molecule has 0 atom stereocenters. The number of fused-ring (bicyclic) bond motifs is 18. The summed E-state index contributed by atoms with van der Waals surface area (Å²) in [5, 5.41) is 14.3. The van der Waals surface area contributed by atoms with Gasteiger partial charge < -0.3 is 26.5 Å². The average molecular weight is 1720 g/mol. The number of nitrogens with zero attached hydrogens (tertiary/aromatic N) is 1. The van der Waals surface area contributed by atoms with E-state index in [1.54, 1.807) is 0 Å². The maximum atomic E-state index is 7.07. The van der Waals surface area contributed by atoms with E-state index in [2.05, 4.69) is 418 Å². The van der Waals surface area contributed by atoms with Crippen molar-refractivity contribution < 1.29 is 26.5 Å². The van der Waals surface area contributed by atoms with E-state index in [4.69, 9.17) is 33.1 Å². The van der Waals surface area contributed by atoms with Gasteiger partial charge >= 0.3 is 0 Å². The number of rotatable bonds is 11. The van der Waals surface area contributed by atoms with Gasteiger partial charge in [0.05, 0.1) is 6.57 Å². The Hall–Kier alpha value is -15.0. The fourth-order valence-corrected chi connectivity index (χ4v) is 18.1. The third-order valence-electron chi connectivity index (χ3n) is 25.6. The van der Waals surface area contributed by atoms with Gasteiger partial charge in [-0.2, -0.15) is 0 Å². The predicted octanol–water partition coefficient (Wildman–Crippen LogP) is 38.4. The van der Waals surface area contributed by atoms with Gasteiger partial charge in [0, 0.05) is 70.2 Å². The molecule has 132 heavy (non-hydrogen) atoms. The van der Waals surface area contributed by atoms with Crippen molar-refractivity contribution in [2.45, 2.75) is 145 Å². The Kier molecular flexibility index (Phi) is 25.0. The van der Waals surface area contributed by atoms with Crippen LogP contribution >= 0.6 is 0 Å². The monoisotopic (exact) mass is 1720 g/mol. The third-order valence-corrected chi connectivity index (χ3v) is 25.6. The molecule has 652 valence electrons. The Balaban J connectivity index is 0.000000106. The minimum Gasteiger partial charge on any atom is -0.456 e. The minimum absolute atomic E-state index is 0.100. The normalized spacial score (nSPS) is 11.7. The molecule has 0 amide bonds. The highest BCUT2D eigenvalue weighted by Gasteiger charge is 2.22. The standard InChI is InChI=1S/C23H19NO.4C21H18O.C18H20O/c1-23(2,3)17-8-11-19-20-13-16(7-12-21(20)25-22(19)14-17)15-5-9-18(24-4)10-6-15;1-14(2)16-10-6-12-18-20-17(15-8-4-3-5-9-15)11-7-13-19(20)22-21(16)18;1-14(2)17-9-6-10-19-18-12-11-16(13-20(18)22-21(17)19)15-7-4-3-5-8-15;1-14(2)17-9-6-10-18-19-13-16(15-7-4-3-5-8-15)11-12-20(19)22-21(17)18;1-14(2)16-11-12-18-19-10-6-9-17(15-7-4-3-5-8-15)21(19)22-20(18)13-16;1-11(2)13-5-7-15-16-8-6-14(12(3)4)10-18(16)19-17(15)9-13/h5-14H,1-3H3;4*3-14H,1-2H3;5-12H,1-4H3. The Morgan fingerprint density at radius 1 is 0.212 bits per heavy atom. The molecule has 0 fully saturated rings. The zero-order valence-corrected chi connectivity index (χ0v) is 78.0. The number of benzene rings is 17. The summed E-state index contributed by atoms with van der Waals surface area (Å²) in [6.07, 6.45) is 0. The summed E-state index contributed by atoms with van der Waals surface area (Å²) < 4.78 is 36.9. The van der Waals surface area contributed by atoms with Gasteiger partial charge in [0.25, 0.3) is 0 Å². The van der Waals surface area contributed by atoms with Crippen LogP contribution in [0.4, 0.5) is 5.69 Å². The van der Waals surface area contributed by atoms with Gasteiger partial charge in [-0.15, -0.1) is 0 Å². The van der Waals surface area contributed by atoms with Crippen LogP contribution in [0.2, 0.25) is 0 Å². The highest BCUT2D eigenvalue weighted by atomic mass is 16.3. The second-order valence-electron chi connectivity index (χ2n) is 37.6. The summed E-state index contributed by atoms with van der Waals surface area (Å²) in [6.45, 7) is 40.2. The number of hydrogen-bond acceptors (Lipinski definition) is 6. The van der Waals surface area contributed by atoms with Crippen LogP contribution in [-0.4, -0.2) is 0 Å². The Morgan fingerprint density at radius 3 is 1.03 bits per heavy atom. The van der Waals surface area contributed by atoms with Crippen molar-refractivity contribution in [3.05, 3.63) is 414 Å². The van der Waals surface area contributed by atoms with Crippen LogP contribution in [0.1, 0.15) is 178 Å². The second kappa shape index (κ2) is 37.6. The molecule has 0 N–H and O–H groups in total. The minimum atomic E-state index is 0.100. The van der Waals surface area contributed by atoms with Gasteiger partial charge in [-0.25, -0.2) is 4.85 Å². The van der Waals surface area contributed by atoms with Gasteiger partial charge in [0.1, 0.15) is 67.0 Å². The van der Waals surface area contributed by atoms with E-state index in [9.17, 15) is 0 Å². The molecule has 0 spiro atoms. The first kappa shape index (κ1) is 87.7. The maximum absolute atomic E-state index is 7.07. The maximum Gasteiger partial charge on any atom is 0.187 e. The predicted molar refractivity (Wildman–Crippen MR) is 559 cm³/mol. The Labute approximate surface area is 773 Å². The lowest BCUT2D eigenvalue weighted by molar-refractivity contribution is 0.587. The molecule has 0 unspecified atom stereocenters. The summed E-state index contributed by atoms with van der Waals surface area (Å²) in [4.78, 5) is 3.45. The van der Waals surface area contributed by atoms with Crippen molar-refractivity contribution in [3.63, 3.8) is 0 Å². The molecular formula is C125H111NO6. The second-order valence-corrected chi connectivity index (χ2v) is 37.6. The molecule has 7 heteroatoms. The first-order valence-corrected chi connectivity index (χ1v) is 46.4. The van der Waals surface area contributed by atoms with Gasteiger partial charge in [0.2, 0.25) is 0 Å². The quantitative estimate of drug-likeness (QED) is 0.120. The topological polar surface area (TPSA) is 83.2 Å². The van der Waals surface area contributed by atoms with Crippen LogP contribution in [0, 0.1) is 6.57 Å². The van der Waals surface area contributed by atoms with Crippen LogP contribution in [0.25, 0.3) is 192 Å². The average Bonchev–Trinajstić information content (AvgIpc) is 1.60. The zero-order chi connectivity index (χ0) is 91.6. The van der Waals surface area contributed by atoms with Crippen LogP contribution in [0.15, 0.2) is 390 Å². The fraction of sp³-hybridized carbons (Fsp3) is 0.176. The van der Waals surface area contributed by atoms with Crippen LogP contribution in [-0.2, 0) is 5.41 Å². The van der Waals surface area contributed by atoms with Crippen LogP contribution in [0.3, 0.4) is 0 Å². The zero-order valence-electron chi connectivity index (χ0n) is 78.0. The lowest BCUT2D eigenvalue weighted by Crippen LogP contribution is -2.10. The number of furan rings is 6. The molecule has 0 radical (unpaired) electrons. The molecule has 6 aromatic heterocycles. The Bertz CT molecular complexity index is 8030. The molecule has 6 heterocycles. The third kappa shape index (κ3) is 18.0. The summed E-state index contributed by atoms with van der Waals surface area (Å²) >= 11 is 0. The SMILES string of the molecule is CC(C)c1ccc2c(c1)oc1c(-c3ccccc3)cccc12.CC(C)c1ccc2c(c1)oc1cc(C(C)C)ccc12.CC(C)c1cccc2c1oc1cc(-c3ccccc3)ccc12.CC(C)c1cccc2c1oc1ccc(-c3ccccc3)cc12.CC(C)c1cccc2c1oc1cccc(-c3ccccc3)c12.[C-]#[N+]c1ccc(-c2ccc3oc4cc(C(C)(C)C)ccc4c3c2)cc1. The first-order valence-electron chi connectivity index (χ1n) is 46.4. The summed E-state index contributed by atoms with van der Waals surface area (Å²) in [5.74, 6) is 2.93. The van der Waals surface area contributed by atoms with Gasteiger partial charge in [-0.05, 0) is 197 Å². The van der Waals surface area contributed by atoms with E-state index < -0.39 is 0 Å². The van der Waals surface area contributed by atoms with E-state index in [0.29, 0.717) is 41.2 Å². The van der Waals surface area contributed by atoms with E-state index in [1.807, 2.05) is 54.6 Å². The van der Waals surface area contributed by atoms with E-state index in [-0.39, 0.29) is 5.41 Å². The Morgan fingerprint density at radius 2 is 0.538 bits per heavy atom. The van der Waals surface area contributed by atoms with Crippen molar-refractivity contribution >= 4 is 137 Å². The molecule has 0 aliphatic heterocycles. The molecule has 7 nitrogen and oxygen atoms in total. The molecule has 0 bridgehead atoms. The summed E-state index contributed by atoms with van der Waals surface area (Å²) in [7, 11) is 0. The van der Waals surface area contributed by atoms with Crippen molar-refractivity contribution in [1.82, 2.24) is 0 Å². The van der Waals surface area contributed by atoms with E-state index >= 15 is 0 Å². The fourth-order valence-electron chi connectivity index (χ4n) is 18.1.